The summed E-state index contributed by atoms with van der Waals surface area (Å²) in [5.41, 5.74) is 1.36. The van der Waals surface area contributed by atoms with E-state index in [1.54, 1.807) is 0 Å². The summed E-state index contributed by atoms with van der Waals surface area (Å²) in [7, 11) is 4.18. The van der Waals surface area contributed by atoms with E-state index in [1.807, 2.05) is 0 Å². The monoisotopic (exact) mass is 141 g/mol. The highest BCUT2D eigenvalue weighted by molar-refractivity contribution is 4.97. The van der Waals surface area contributed by atoms with Gasteiger partial charge in [-0.1, -0.05) is 26.0 Å². The Morgan fingerprint density at radius 1 is 1.40 bits per heavy atom. The third-order valence-corrected chi connectivity index (χ3v) is 1.70. The van der Waals surface area contributed by atoms with Crippen molar-refractivity contribution in [3.63, 3.8) is 0 Å². The van der Waals surface area contributed by atoms with Gasteiger partial charge in [0.15, 0.2) is 0 Å². The number of rotatable bonds is 4. The molecule has 0 N–H and O–H groups in total. The molecule has 0 radical (unpaired) electrons. The molecule has 0 unspecified atom stereocenters. The van der Waals surface area contributed by atoms with Crippen molar-refractivity contribution in [2.45, 2.75) is 20.3 Å². The topological polar surface area (TPSA) is 3.24 Å². The van der Waals surface area contributed by atoms with Crippen LogP contribution in [0.4, 0.5) is 0 Å². The van der Waals surface area contributed by atoms with Crippen molar-refractivity contribution in [3.05, 3.63) is 12.2 Å². The summed E-state index contributed by atoms with van der Waals surface area (Å²) in [5.74, 6) is 0.639. The minimum Gasteiger partial charge on any atom is -0.309 e. The van der Waals surface area contributed by atoms with Gasteiger partial charge in [0.2, 0.25) is 0 Å². The third-order valence-electron chi connectivity index (χ3n) is 1.70. The molecule has 0 bridgehead atoms. The summed E-state index contributed by atoms with van der Waals surface area (Å²) in [6.07, 6.45) is 1.13. The SMILES string of the molecule is C=C(CCN(C)C)C(C)C. The van der Waals surface area contributed by atoms with E-state index in [4.69, 9.17) is 0 Å². The largest absolute Gasteiger partial charge is 0.309 e. The maximum atomic E-state index is 4.00. The molecule has 0 aliphatic heterocycles. The zero-order chi connectivity index (χ0) is 8.15. The normalized spacial score (nSPS) is 11.0. The Hall–Kier alpha value is -0.300. The van der Waals surface area contributed by atoms with E-state index in [9.17, 15) is 0 Å². The lowest BCUT2D eigenvalue weighted by Gasteiger charge is -2.12. The molecule has 60 valence electrons. The first-order valence-corrected chi connectivity index (χ1v) is 3.86. The number of nitrogens with zero attached hydrogens (tertiary/aromatic N) is 1. The predicted octanol–water partition coefficient (Wildman–Crippen LogP) is 2.15. The van der Waals surface area contributed by atoms with Gasteiger partial charge in [-0.05, 0) is 26.4 Å². The van der Waals surface area contributed by atoms with E-state index < -0.39 is 0 Å². The van der Waals surface area contributed by atoms with Crippen LogP contribution in [-0.4, -0.2) is 25.5 Å². The molecule has 0 spiro atoms. The van der Waals surface area contributed by atoms with E-state index in [0.29, 0.717) is 5.92 Å². The van der Waals surface area contributed by atoms with Gasteiger partial charge in [0.05, 0.1) is 0 Å². The molecule has 0 aliphatic carbocycles. The first-order chi connectivity index (χ1) is 4.54. The Kier molecular flexibility index (Phi) is 4.37. The van der Waals surface area contributed by atoms with E-state index >= 15 is 0 Å². The van der Waals surface area contributed by atoms with Gasteiger partial charge in [-0.3, -0.25) is 0 Å². The van der Waals surface area contributed by atoms with Crippen LogP contribution in [0.15, 0.2) is 12.2 Å². The van der Waals surface area contributed by atoms with Gasteiger partial charge < -0.3 is 4.90 Å². The Bertz CT molecular complexity index is 103. The number of hydrogen-bond acceptors (Lipinski definition) is 1. The van der Waals surface area contributed by atoms with Crippen molar-refractivity contribution >= 4 is 0 Å². The second kappa shape index (κ2) is 4.51. The molecule has 10 heavy (non-hydrogen) atoms. The summed E-state index contributed by atoms with van der Waals surface area (Å²) in [4.78, 5) is 2.19. The van der Waals surface area contributed by atoms with Crippen molar-refractivity contribution in [1.82, 2.24) is 4.90 Å². The lowest BCUT2D eigenvalue weighted by molar-refractivity contribution is 0.407. The van der Waals surface area contributed by atoms with Crippen LogP contribution >= 0.6 is 0 Å². The molecule has 0 saturated heterocycles. The molecule has 0 aliphatic rings. The van der Waals surface area contributed by atoms with Crippen molar-refractivity contribution in [2.24, 2.45) is 5.92 Å². The van der Waals surface area contributed by atoms with Gasteiger partial charge in [0.1, 0.15) is 0 Å². The first kappa shape index (κ1) is 9.70. The van der Waals surface area contributed by atoms with Crippen molar-refractivity contribution in [1.29, 1.82) is 0 Å². The molecule has 1 nitrogen and oxygen atoms in total. The van der Waals surface area contributed by atoms with Gasteiger partial charge >= 0.3 is 0 Å². The minimum atomic E-state index is 0.639. The zero-order valence-corrected chi connectivity index (χ0v) is 7.65. The smallest absolute Gasteiger partial charge is 0.00125 e. The third kappa shape index (κ3) is 4.57. The highest BCUT2D eigenvalue weighted by atomic mass is 15.0. The average molecular weight is 141 g/mol. The highest BCUT2D eigenvalue weighted by Gasteiger charge is 1.99. The van der Waals surface area contributed by atoms with Gasteiger partial charge in [-0.25, -0.2) is 0 Å². The average Bonchev–Trinajstić information content (AvgIpc) is 1.82. The summed E-state index contributed by atoms with van der Waals surface area (Å²) in [6.45, 7) is 9.51. The summed E-state index contributed by atoms with van der Waals surface area (Å²) in [5, 5.41) is 0. The van der Waals surface area contributed by atoms with E-state index in [2.05, 4.69) is 39.4 Å². The predicted molar refractivity (Wildman–Crippen MR) is 47.1 cm³/mol. The van der Waals surface area contributed by atoms with Crippen LogP contribution in [0.2, 0.25) is 0 Å². The molecule has 0 saturated carbocycles. The maximum Gasteiger partial charge on any atom is 0.00125 e. The maximum absolute atomic E-state index is 4.00. The molecular weight excluding hydrogens is 122 g/mol. The standard InChI is InChI=1S/C9H19N/c1-8(2)9(3)6-7-10(4)5/h8H,3,6-7H2,1-2,4-5H3. The molecule has 1 heteroatoms. The Balaban J connectivity index is 3.40. The minimum absolute atomic E-state index is 0.639. The second-order valence-corrected chi connectivity index (χ2v) is 3.37. The molecule has 0 aromatic carbocycles. The van der Waals surface area contributed by atoms with Crippen LogP contribution in [-0.2, 0) is 0 Å². The second-order valence-electron chi connectivity index (χ2n) is 3.37. The fraction of sp³-hybridized carbons (Fsp3) is 0.778. The summed E-state index contributed by atoms with van der Waals surface area (Å²) in [6, 6.07) is 0. The Morgan fingerprint density at radius 3 is 2.20 bits per heavy atom. The quantitative estimate of drug-likeness (QED) is 0.542. The lowest BCUT2D eigenvalue weighted by Crippen LogP contribution is -2.14. The molecule has 0 aromatic rings. The Morgan fingerprint density at radius 2 is 1.90 bits per heavy atom. The summed E-state index contributed by atoms with van der Waals surface area (Å²) < 4.78 is 0. The van der Waals surface area contributed by atoms with E-state index in [0.717, 1.165) is 13.0 Å². The zero-order valence-electron chi connectivity index (χ0n) is 7.65. The van der Waals surface area contributed by atoms with Crippen molar-refractivity contribution in [2.75, 3.05) is 20.6 Å². The van der Waals surface area contributed by atoms with Gasteiger partial charge in [0.25, 0.3) is 0 Å². The lowest BCUT2D eigenvalue weighted by atomic mass is 10.0. The van der Waals surface area contributed by atoms with Crippen LogP contribution in [0, 0.1) is 5.92 Å². The van der Waals surface area contributed by atoms with Crippen LogP contribution in [0.3, 0.4) is 0 Å². The molecule has 0 fully saturated rings. The molecule has 0 amide bonds. The van der Waals surface area contributed by atoms with Gasteiger partial charge in [-0.15, -0.1) is 0 Å². The van der Waals surface area contributed by atoms with Crippen LogP contribution in [0.25, 0.3) is 0 Å². The molecule has 0 heterocycles. The van der Waals surface area contributed by atoms with Crippen LogP contribution < -0.4 is 0 Å². The Labute approximate surface area is 64.7 Å². The first-order valence-electron chi connectivity index (χ1n) is 3.86. The van der Waals surface area contributed by atoms with Crippen molar-refractivity contribution < 1.29 is 0 Å². The molecular formula is C9H19N. The molecule has 0 rings (SSSR count). The van der Waals surface area contributed by atoms with Crippen molar-refractivity contribution in [3.8, 4) is 0 Å². The highest BCUT2D eigenvalue weighted by Crippen LogP contribution is 2.10. The van der Waals surface area contributed by atoms with Gasteiger partial charge in [0, 0.05) is 6.54 Å². The fourth-order valence-electron chi connectivity index (χ4n) is 0.656. The molecule has 0 aromatic heterocycles. The van der Waals surface area contributed by atoms with E-state index in [1.165, 1.54) is 5.57 Å². The van der Waals surface area contributed by atoms with Gasteiger partial charge in [-0.2, -0.15) is 0 Å². The van der Waals surface area contributed by atoms with Crippen LogP contribution in [0.1, 0.15) is 20.3 Å². The molecule has 0 atom stereocenters. The van der Waals surface area contributed by atoms with Crippen LogP contribution in [0.5, 0.6) is 0 Å². The fourth-order valence-corrected chi connectivity index (χ4v) is 0.656. The van der Waals surface area contributed by atoms with E-state index in [-0.39, 0.29) is 0 Å². The number of hydrogen-bond donors (Lipinski definition) is 0. The summed E-state index contributed by atoms with van der Waals surface area (Å²) >= 11 is 0.